The monoisotopic (exact) mass is 429 g/mol. The molecule has 0 aliphatic carbocycles. The first kappa shape index (κ1) is 22.8. The number of piperazine rings is 1. The summed E-state index contributed by atoms with van der Waals surface area (Å²) in [5.41, 5.74) is 2.29. The van der Waals surface area contributed by atoms with Gasteiger partial charge in [0.05, 0.1) is 7.11 Å². The van der Waals surface area contributed by atoms with Crippen LogP contribution in [0.4, 0.5) is 10.1 Å². The van der Waals surface area contributed by atoms with Gasteiger partial charge in [-0.05, 0) is 32.1 Å². The summed E-state index contributed by atoms with van der Waals surface area (Å²) in [5, 5.41) is 3.23. The van der Waals surface area contributed by atoms with Crippen LogP contribution < -0.4 is 10.1 Å². The minimum Gasteiger partial charge on any atom is -0.494 e. The number of rotatable bonds is 6. The van der Waals surface area contributed by atoms with Gasteiger partial charge in [-0.25, -0.2) is 9.38 Å². The summed E-state index contributed by atoms with van der Waals surface area (Å²) in [6, 6.07) is 4.74. The number of amidine groups is 1. The fourth-order valence-corrected chi connectivity index (χ4v) is 3.94. The highest BCUT2D eigenvalue weighted by Gasteiger charge is 2.34. The summed E-state index contributed by atoms with van der Waals surface area (Å²) in [5.74, 6) is 0.953. The molecule has 0 bridgehead atoms. The first-order chi connectivity index (χ1) is 14.8. The van der Waals surface area contributed by atoms with Gasteiger partial charge in [0.1, 0.15) is 23.1 Å². The summed E-state index contributed by atoms with van der Waals surface area (Å²) < 4.78 is 18.8. The third-order valence-corrected chi connectivity index (χ3v) is 5.73. The predicted molar refractivity (Wildman–Crippen MR) is 121 cm³/mol. The molecule has 2 saturated heterocycles. The maximum Gasteiger partial charge on any atom is 0.219 e. The number of benzene rings is 1. The van der Waals surface area contributed by atoms with Crippen molar-refractivity contribution >= 4 is 17.4 Å². The van der Waals surface area contributed by atoms with Crippen molar-refractivity contribution in [2.24, 2.45) is 4.99 Å². The molecule has 7 nitrogen and oxygen atoms in total. The lowest BCUT2D eigenvalue weighted by atomic mass is 10.1. The maximum atomic E-state index is 13.5. The highest BCUT2D eigenvalue weighted by molar-refractivity contribution is 5.84. The zero-order valence-corrected chi connectivity index (χ0v) is 18.8. The second-order valence-electron chi connectivity index (χ2n) is 8.06. The largest absolute Gasteiger partial charge is 0.494 e. The number of carbonyl (C=O) groups excluding carboxylic acids is 1. The van der Waals surface area contributed by atoms with E-state index in [2.05, 4.69) is 26.7 Å². The molecule has 0 radical (unpaired) electrons. The molecule has 2 aliphatic rings. The van der Waals surface area contributed by atoms with E-state index in [1.165, 1.54) is 19.2 Å². The second kappa shape index (κ2) is 9.96. The number of halogens is 1. The predicted octanol–water partition coefficient (Wildman–Crippen LogP) is 2.74. The number of hydrogen-bond acceptors (Lipinski definition) is 5. The third-order valence-electron chi connectivity index (χ3n) is 5.73. The van der Waals surface area contributed by atoms with Gasteiger partial charge in [-0.2, -0.15) is 0 Å². The number of carbonyl (C=O) groups is 1. The van der Waals surface area contributed by atoms with Crippen molar-refractivity contribution in [2.45, 2.75) is 26.8 Å². The molecular weight excluding hydrogens is 397 g/mol. The molecule has 0 saturated carbocycles. The van der Waals surface area contributed by atoms with Crippen LogP contribution in [-0.4, -0.2) is 78.9 Å². The molecule has 1 N–H and O–H groups in total. The van der Waals surface area contributed by atoms with E-state index in [9.17, 15) is 9.18 Å². The molecule has 31 heavy (non-hydrogen) atoms. The van der Waals surface area contributed by atoms with E-state index in [1.807, 2.05) is 24.8 Å². The molecule has 2 fully saturated rings. The Balaban J connectivity index is 1.51. The van der Waals surface area contributed by atoms with Gasteiger partial charge in [-0.15, -0.1) is 0 Å². The summed E-state index contributed by atoms with van der Waals surface area (Å²) >= 11 is 0. The number of methoxy groups -OCH3 is 1. The Labute approximate surface area is 183 Å². The molecule has 0 spiro atoms. The highest BCUT2D eigenvalue weighted by Crippen LogP contribution is 2.28. The Morgan fingerprint density at radius 3 is 2.48 bits per heavy atom. The Morgan fingerprint density at radius 2 is 1.87 bits per heavy atom. The minimum atomic E-state index is -0.358. The Kier molecular flexibility index (Phi) is 7.33. The standard InChI is InChI=1S/C23H32FN5O2/c1-16(25-18(3)26-22-13-20(24)6-7-23(22)31-5)12-17(2)27-8-10-28(11-9-27)21-14-29(15-21)19(4)30/h6-7,12-13,21H,2,8-11,14-15H2,1,3-5H3,(H,25,26)/b16-12+. The average Bonchev–Trinajstić information content (AvgIpc) is 2.67. The van der Waals surface area contributed by atoms with Gasteiger partial charge in [-0.1, -0.05) is 6.58 Å². The van der Waals surface area contributed by atoms with Crippen LogP contribution in [-0.2, 0) is 4.79 Å². The van der Waals surface area contributed by atoms with Crippen LogP contribution in [0.1, 0.15) is 20.8 Å². The maximum absolute atomic E-state index is 13.5. The number of nitrogens with zero attached hydrogens (tertiary/aromatic N) is 4. The van der Waals surface area contributed by atoms with Crippen LogP contribution in [0.2, 0.25) is 0 Å². The van der Waals surface area contributed by atoms with Crippen molar-refractivity contribution in [3.8, 4) is 5.75 Å². The van der Waals surface area contributed by atoms with E-state index in [-0.39, 0.29) is 11.7 Å². The Morgan fingerprint density at radius 1 is 1.19 bits per heavy atom. The number of likely N-dealkylation sites (tertiary alicyclic amines) is 1. The molecule has 1 amide bonds. The summed E-state index contributed by atoms with van der Waals surface area (Å²) in [7, 11) is 1.54. The van der Waals surface area contributed by atoms with E-state index in [4.69, 9.17) is 4.74 Å². The lowest BCUT2D eigenvalue weighted by Gasteiger charge is -2.48. The van der Waals surface area contributed by atoms with Crippen molar-refractivity contribution in [3.05, 3.63) is 48.1 Å². The zero-order chi connectivity index (χ0) is 22.5. The smallest absolute Gasteiger partial charge is 0.219 e. The van der Waals surface area contributed by atoms with Crippen molar-refractivity contribution in [1.29, 1.82) is 0 Å². The van der Waals surface area contributed by atoms with Crippen molar-refractivity contribution < 1.29 is 13.9 Å². The lowest BCUT2D eigenvalue weighted by molar-refractivity contribution is -0.136. The summed E-state index contributed by atoms with van der Waals surface area (Å²) in [6.45, 7) is 15.1. The molecule has 2 heterocycles. The molecular formula is C23H32FN5O2. The molecule has 0 atom stereocenters. The number of amides is 1. The normalized spacial score (nSPS) is 18.6. The van der Waals surface area contributed by atoms with Gasteiger partial charge >= 0.3 is 0 Å². The lowest BCUT2D eigenvalue weighted by Crippen LogP contribution is -2.63. The molecule has 1 aromatic rings. The van der Waals surface area contributed by atoms with Crippen LogP contribution in [0.5, 0.6) is 5.75 Å². The SMILES string of the molecule is C=C(/C=C(\C)NC(C)=Nc1cc(F)ccc1OC)N1CCN(C2CN(C(C)=O)C2)CC1. The van der Waals surface area contributed by atoms with E-state index >= 15 is 0 Å². The summed E-state index contributed by atoms with van der Waals surface area (Å²) in [6.07, 6.45) is 2.00. The molecule has 0 unspecified atom stereocenters. The van der Waals surface area contributed by atoms with Crippen molar-refractivity contribution in [2.75, 3.05) is 46.4 Å². The zero-order valence-electron chi connectivity index (χ0n) is 18.8. The summed E-state index contributed by atoms with van der Waals surface area (Å²) in [4.78, 5) is 22.4. The van der Waals surface area contributed by atoms with Crippen LogP contribution in [0.3, 0.4) is 0 Å². The molecule has 8 heteroatoms. The number of aliphatic imine (C=N–C) groups is 1. The first-order valence-corrected chi connectivity index (χ1v) is 10.5. The fraction of sp³-hybridized carbons (Fsp3) is 0.478. The third kappa shape index (κ3) is 5.85. The minimum absolute atomic E-state index is 0.158. The Bertz CT molecular complexity index is 884. The van der Waals surface area contributed by atoms with E-state index in [1.54, 1.807) is 13.0 Å². The first-order valence-electron chi connectivity index (χ1n) is 10.5. The molecule has 168 valence electrons. The molecule has 0 aromatic heterocycles. The number of allylic oxidation sites excluding steroid dienone is 2. The van der Waals surface area contributed by atoms with Crippen molar-refractivity contribution in [3.63, 3.8) is 0 Å². The van der Waals surface area contributed by atoms with E-state index < -0.39 is 0 Å². The number of ether oxygens (including phenoxy) is 1. The Hall–Kier alpha value is -2.87. The average molecular weight is 430 g/mol. The number of nitrogens with one attached hydrogen (secondary N) is 1. The molecule has 1 aromatic carbocycles. The van der Waals surface area contributed by atoms with Gasteiger partial charge in [0.2, 0.25) is 5.91 Å². The van der Waals surface area contributed by atoms with Gasteiger partial charge in [0, 0.05) is 69.7 Å². The van der Waals surface area contributed by atoms with Crippen LogP contribution in [0, 0.1) is 5.82 Å². The molecule has 2 aliphatic heterocycles. The highest BCUT2D eigenvalue weighted by atomic mass is 19.1. The van der Waals surface area contributed by atoms with Crippen LogP contribution >= 0.6 is 0 Å². The van der Waals surface area contributed by atoms with Crippen LogP contribution in [0.25, 0.3) is 0 Å². The fourth-order valence-electron chi connectivity index (χ4n) is 3.94. The molecule has 3 rings (SSSR count). The van der Waals surface area contributed by atoms with E-state index in [0.29, 0.717) is 23.3 Å². The van der Waals surface area contributed by atoms with Gasteiger partial charge in [0.15, 0.2) is 0 Å². The van der Waals surface area contributed by atoms with Gasteiger partial charge in [0.25, 0.3) is 0 Å². The van der Waals surface area contributed by atoms with Crippen molar-refractivity contribution in [1.82, 2.24) is 20.0 Å². The number of hydrogen-bond donors (Lipinski definition) is 1. The van der Waals surface area contributed by atoms with E-state index in [0.717, 1.165) is 50.7 Å². The second-order valence-corrected chi connectivity index (χ2v) is 8.06. The van der Waals surface area contributed by atoms with Crippen LogP contribution in [0.15, 0.2) is 47.2 Å². The topological polar surface area (TPSA) is 60.4 Å². The quantitative estimate of drug-likeness (QED) is 0.428. The van der Waals surface area contributed by atoms with Gasteiger partial charge in [-0.3, -0.25) is 9.69 Å². The van der Waals surface area contributed by atoms with Gasteiger partial charge < -0.3 is 19.9 Å².